The predicted molar refractivity (Wildman–Crippen MR) is 90.0 cm³/mol. The van der Waals surface area contributed by atoms with Crippen LogP contribution in [-0.4, -0.2) is 50.2 Å². The minimum absolute atomic E-state index is 0.0521. The van der Waals surface area contributed by atoms with E-state index in [0.717, 1.165) is 12.8 Å². The average Bonchev–Trinajstić information content (AvgIpc) is 3.20. The lowest BCUT2D eigenvalue weighted by atomic mass is 9.99. The SMILES string of the molecule is O=C(CNC(=O)[C@H]1CCCN(S(=O)(=O)c2cccs2)C1)NC1CC1. The maximum Gasteiger partial charge on any atom is 0.252 e. The molecule has 0 spiro atoms. The number of amides is 2. The van der Waals surface area contributed by atoms with E-state index < -0.39 is 15.9 Å². The Morgan fingerprint density at radius 1 is 1.29 bits per heavy atom. The molecule has 1 saturated carbocycles. The van der Waals surface area contributed by atoms with Gasteiger partial charge in [-0.3, -0.25) is 9.59 Å². The van der Waals surface area contributed by atoms with Gasteiger partial charge in [0.25, 0.3) is 10.0 Å². The second kappa shape index (κ2) is 7.20. The molecule has 2 aliphatic rings. The van der Waals surface area contributed by atoms with Crippen LogP contribution in [0.25, 0.3) is 0 Å². The molecular weight excluding hydrogens is 350 g/mol. The van der Waals surface area contributed by atoms with Crippen LogP contribution in [-0.2, 0) is 19.6 Å². The number of sulfonamides is 1. The van der Waals surface area contributed by atoms with Gasteiger partial charge in [-0.1, -0.05) is 6.07 Å². The fraction of sp³-hybridized carbons (Fsp3) is 0.600. The Bertz CT molecular complexity index is 698. The number of rotatable bonds is 6. The second-order valence-electron chi connectivity index (χ2n) is 6.19. The van der Waals surface area contributed by atoms with Crippen molar-refractivity contribution in [2.75, 3.05) is 19.6 Å². The van der Waals surface area contributed by atoms with E-state index in [0.29, 0.717) is 23.6 Å². The lowest BCUT2D eigenvalue weighted by molar-refractivity contribution is -0.129. The van der Waals surface area contributed by atoms with Crippen molar-refractivity contribution in [3.8, 4) is 0 Å². The average molecular weight is 371 g/mol. The second-order valence-corrected chi connectivity index (χ2v) is 9.31. The third-order valence-corrected chi connectivity index (χ3v) is 7.45. The van der Waals surface area contributed by atoms with E-state index in [4.69, 9.17) is 0 Å². The van der Waals surface area contributed by atoms with E-state index in [9.17, 15) is 18.0 Å². The summed E-state index contributed by atoms with van der Waals surface area (Å²) in [4.78, 5) is 23.9. The highest BCUT2D eigenvalue weighted by Crippen LogP contribution is 2.26. The molecule has 24 heavy (non-hydrogen) atoms. The summed E-state index contributed by atoms with van der Waals surface area (Å²) in [7, 11) is -3.53. The molecule has 2 N–H and O–H groups in total. The molecule has 1 saturated heterocycles. The number of carbonyl (C=O) groups is 2. The fourth-order valence-electron chi connectivity index (χ4n) is 2.73. The van der Waals surface area contributed by atoms with Gasteiger partial charge in [0.05, 0.1) is 12.5 Å². The normalized spacial score (nSPS) is 22.1. The first-order valence-electron chi connectivity index (χ1n) is 8.07. The van der Waals surface area contributed by atoms with Crippen LogP contribution in [0.5, 0.6) is 0 Å². The molecule has 0 aromatic carbocycles. The molecule has 132 valence electrons. The van der Waals surface area contributed by atoms with Crippen LogP contribution in [0.15, 0.2) is 21.7 Å². The molecule has 0 unspecified atom stereocenters. The number of nitrogens with zero attached hydrogens (tertiary/aromatic N) is 1. The van der Waals surface area contributed by atoms with Crippen molar-refractivity contribution in [3.63, 3.8) is 0 Å². The number of carbonyl (C=O) groups excluding carboxylic acids is 2. The lowest BCUT2D eigenvalue weighted by Gasteiger charge is -2.30. The van der Waals surface area contributed by atoms with Gasteiger partial charge < -0.3 is 10.6 Å². The van der Waals surface area contributed by atoms with E-state index in [1.165, 1.54) is 15.6 Å². The molecule has 3 rings (SSSR count). The molecule has 1 aliphatic heterocycles. The quantitative estimate of drug-likeness (QED) is 0.763. The summed E-state index contributed by atoms with van der Waals surface area (Å²) < 4.78 is 26.8. The Labute approximate surface area is 145 Å². The molecular formula is C15H21N3O4S2. The topological polar surface area (TPSA) is 95.6 Å². The summed E-state index contributed by atoms with van der Waals surface area (Å²) in [6.45, 7) is 0.534. The maximum atomic E-state index is 12.6. The molecule has 2 heterocycles. The molecule has 9 heteroatoms. The number of thiophene rings is 1. The van der Waals surface area contributed by atoms with Gasteiger partial charge in [-0.05, 0) is 37.1 Å². The molecule has 1 aromatic heterocycles. The van der Waals surface area contributed by atoms with Crippen LogP contribution < -0.4 is 10.6 Å². The largest absolute Gasteiger partial charge is 0.352 e. The van der Waals surface area contributed by atoms with Gasteiger partial charge in [0, 0.05) is 19.1 Å². The molecule has 7 nitrogen and oxygen atoms in total. The van der Waals surface area contributed by atoms with E-state index in [-0.39, 0.29) is 30.9 Å². The first kappa shape index (κ1) is 17.4. The van der Waals surface area contributed by atoms with Crippen LogP contribution in [0, 0.1) is 5.92 Å². The van der Waals surface area contributed by atoms with Crippen LogP contribution in [0.2, 0.25) is 0 Å². The lowest BCUT2D eigenvalue weighted by Crippen LogP contribution is -2.47. The van der Waals surface area contributed by atoms with Gasteiger partial charge in [0.15, 0.2) is 0 Å². The molecule has 2 amide bonds. The summed E-state index contributed by atoms with van der Waals surface area (Å²) in [5.41, 5.74) is 0. The molecule has 2 fully saturated rings. The molecule has 1 aromatic rings. The van der Waals surface area contributed by atoms with E-state index in [1.807, 2.05) is 0 Å². The summed E-state index contributed by atoms with van der Waals surface area (Å²) in [6, 6.07) is 3.53. The Hall–Kier alpha value is -1.45. The summed E-state index contributed by atoms with van der Waals surface area (Å²) >= 11 is 1.18. The zero-order chi connectivity index (χ0) is 17.2. The van der Waals surface area contributed by atoms with Crippen molar-refractivity contribution in [1.29, 1.82) is 0 Å². The number of piperidine rings is 1. The Balaban J connectivity index is 1.54. The monoisotopic (exact) mass is 371 g/mol. The number of nitrogens with one attached hydrogen (secondary N) is 2. The highest BCUT2D eigenvalue weighted by Gasteiger charge is 2.34. The van der Waals surface area contributed by atoms with E-state index >= 15 is 0 Å². The summed E-state index contributed by atoms with van der Waals surface area (Å²) in [5.74, 6) is -0.862. The first-order valence-corrected chi connectivity index (χ1v) is 10.4. The zero-order valence-electron chi connectivity index (χ0n) is 13.2. The number of hydrogen-bond donors (Lipinski definition) is 2. The van der Waals surface area contributed by atoms with Gasteiger partial charge in [-0.2, -0.15) is 4.31 Å². The van der Waals surface area contributed by atoms with Crippen molar-refractivity contribution in [3.05, 3.63) is 17.5 Å². The van der Waals surface area contributed by atoms with Crippen LogP contribution >= 0.6 is 11.3 Å². The van der Waals surface area contributed by atoms with E-state index in [1.54, 1.807) is 17.5 Å². The molecule has 1 atom stereocenters. The smallest absolute Gasteiger partial charge is 0.252 e. The van der Waals surface area contributed by atoms with Crippen LogP contribution in [0.1, 0.15) is 25.7 Å². The standard InChI is InChI=1S/C15H21N3O4S2/c19-13(17-12-5-6-12)9-16-15(20)11-3-1-7-18(10-11)24(21,22)14-4-2-8-23-14/h2,4,8,11-12H,1,3,5-7,9-10H2,(H,16,20)(H,17,19)/t11-/m0/s1. The molecule has 0 bridgehead atoms. The highest BCUT2D eigenvalue weighted by atomic mass is 32.2. The zero-order valence-corrected chi connectivity index (χ0v) is 14.9. The van der Waals surface area contributed by atoms with Gasteiger partial charge in [-0.15, -0.1) is 11.3 Å². The van der Waals surface area contributed by atoms with Gasteiger partial charge >= 0.3 is 0 Å². The minimum atomic E-state index is -3.53. The summed E-state index contributed by atoms with van der Waals surface area (Å²) in [6.07, 6.45) is 3.26. The predicted octanol–water partition coefficient (Wildman–Crippen LogP) is 0.544. The molecule has 1 aliphatic carbocycles. The van der Waals surface area contributed by atoms with Crippen molar-refractivity contribution >= 4 is 33.2 Å². The van der Waals surface area contributed by atoms with Crippen molar-refractivity contribution in [1.82, 2.24) is 14.9 Å². The van der Waals surface area contributed by atoms with Gasteiger partial charge in [0.1, 0.15) is 4.21 Å². The van der Waals surface area contributed by atoms with Crippen LogP contribution in [0.3, 0.4) is 0 Å². The van der Waals surface area contributed by atoms with Crippen molar-refractivity contribution < 1.29 is 18.0 Å². The molecule has 0 radical (unpaired) electrons. The Morgan fingerprint density at radius 2 is 2.08 bits per heavy atom. The fourth-order valence-corrected chi connectivity index (χ4v) is 5.40. The summed E-state index contributed by atoms with van der Waals surface area (Å²) in [5, 5.41) is 7.15. The van der Waals surface area contributed by atoms with Gasteiger partial charge in [0.2, 0.25) is 11.8 Å². The Kier molecular flexibility index (Phi) is 5.21. The minimum Gasteiger partial charge on any atom is -0.352 e. The third-order valence-electron chi connectivity index (χ3n) is 4.21. The van der Waals surface area contributed by atoms with Crippen LogP contribution in [0.4, 0.5) is 0 Å². The van der Waals surface area contributed by atoms with Gasteiger partial charge in [-0.25, -0.2) is 8.42 Å². The Morgan fingerprint density at radius 3 is 2.75 bits per heavy atom. The van der Waals surface area contributed by atoms with Crippen molar-refractivity contribution in [2.45, 2.75) is 35.9 Å². The number of hydrogen-bond acceptors (Lipinski definition) is 5. The van der Waals surface area contributed by atoms with E-state index in [2.05, 4.69) is 10.6 Å². The highest BCUT2D eigenvalue weighted by molar-refractivity contribution is 7.91. The first-order chi connectivity index (χ1) is 11.5. The van der Waals surface area contributed by atoms with Crippen molar-refractivity contribution in [2.24, 2.45) is 5.92 Å². The maximum absolute atomic E-state index is 12.6. The third kappa shape index (κ3) is 4.14.